The van der Waals surface area contributed by atoms with Crippen molar-refractivity contribution in [3.8, 4) is 0 Å². The summed E-state index contributed by atoms with van der Waals surface area (Å²) in [5.74, 6) is 1.06. The Balaban J connectivity index is 0.000000258. The topological polar surface area (TPSA) is 0 Å². The molecule has 0 heterocycles. The number of hydrogen-bond donors (Lipinski definition) is 0. The molecule has 3 aromatic carbocycles. The average Bonchev–Trinajstić information content (AvgIpc) is 3.61. The van der Waals surface area contributed by atoms with Crippen LogP contribution in [0.5, 0.6) is 0 Å². The number of halogens is 2. The zero-order chi connectivity index (χ0) is 28.4. The van der Waals surface area contributed by atoms with Crippen molar-refractivity contribution < 1.29 is 49.0 Å². The van der Waals surface area contributed by atoms with E-state index in [1.807, 2.05) is 0 Å². The maximum atomic E-state index is 3.83. The predicted octanol–water partition coefficient (Wildman–Crippen LogP) is 2.17. The molecule has 214 valence electrons. The summed E-state index contributed by atoms with van der Waals surface area (Å²) < 4.78 is 1.42. The zero-order valence-corrected chi connectivity index (χ0v) is 29.4. The summed E-state index contributed by atoms with van der Waals surface area (Å²) in [5.41, 5.74) is 11.2. The molecule has 0 aliphatic heterocycles. The molecule has 0 bridgehead atoms. The van der Waals surface area contributed by atoms with Crippen LogP contribution in [0, 0.1) is 18.3 Å². The van der Waals surface area contributed by atoms with E-state index >= 15 is 0 Å². The van der Waals surface area contributed by atoms with Gasteiger partial charge in [-0.3, -0.25) is 0 Å². The summed E-state index contributed by atoms with van der Waals surface area (Å²) in [4.78, 5) is 0. The molecule has 0 spiro atoms. The van der Waals surface area contributed by atoms with E-state index in [1.165, 1.54) is 82.4 Å². The summed E-state index contributed by atoms with van der Waals surface area (Å²) >= 11 is 1.46. The van der Waals surface area contributed by atoms with Crippen LogP contribution in [-0.4, -0.2) is 3.21 Å². The molecule has 1 unspecified atom stereocenters. The Morgan fingerprint density at radius 3 is 1.98 bits per heavy atom. The minimum absolute atomic E-state index is 0. The number of aryl methyl sites for hydroxylation is 1. The maximum absolute atomic E-state index is 3.83. The van der Waals surface area contributed by atoms with Gasteiger partial charge in [0.15, 0.2) is 0 Å². The van der Waals surface area contributed by atoms with Crippen molar-refractivity contribution in [2.75, 3.05) is 0 Å². The molecule has 42 heavy (non-hydrogen) atoms. The second kappa shape index (κ2) is 14.4. The van der Waals surface area contributed by atoms with Crippen molar-refractivity contribution in [2.24, 2.45) is 11.3 Å². The Morgan fingerprint density at radius 2 is 1.48 bits per heavy atom. The zero-order valence-electron chi connectivity index (χ0n) is 25.4. The number of benzene rings is 3. The number of fused-ring (bicyclic) bond motifs is 2. The summed E-state index contributed by atoms with van der Waals surface area (Å²) in [6.07, 6.45) is 16.5. The Labute approximate surface area is 279 Å². The van der Waals surface area contributed by atoms with Gasteiger partial charge in [0.1, 0.15) is 0 Å². The molecule has 0 saturated heterocycles. The first-order chi connectivity index (χ1) is 19.2. The molecule has 1 atom stereocenters. The Hall–Kier alpha value is -2.31. The van der Waals surface area contributed by atoms with Crippen LogP contribution >= 0.6 is 0 Å². The Kier molecular flexibility index (Phi) is 11.8. The minimum atomic E-state index is 0. The van der Waals surface area contributed by atoms with Gasteiger partial charge >= 0.3 is 99.2 Å². The van der Waals surface area contributed by atoms with Gasteiger partial charge < -0.3 is 24.8 Å². The van der Waals surface area contributed by atoms with E-state index in [0.717, 1.165) is 6.42 Å². The van der Waals surface area contributed by atoms with Gasteiger partial charge in [0.2, 0.25) is 0 Å². The van der Waals surface area contributed by atoms with Crippen molar-refractivity contribution in [1.82, 2.24) is 0 Å². The van der Waals surface area contributed by atoms with E-state index in [9.17, 15) is 0 Å². The second-order valence-corrected chi connectivity index (χ2v) is 13.2. The van der Waals surface area contributed by atoms with E-state index in [0.29, 0.717) is 11.8 Å². The number of hydrogen-bond acceptors (Lipinski definition) is 0. The SMILES string of the molecule is Cc1cc(C(C)C)c2c(c1)=[C-]C1=C(C3=CC=CC3)C(C)(C(C)C)C=CC=21.[Cl-].[Cl-].[Zr+2]=[C](c1ccccc1)c1ccccc1. The van der Waals surface area contributed by atoms with Gasteiger partial charge in [-0.25, -0.2) is 0 Å². The first kappa shape index (κ1) is 34.2. The van der Waals surface area contributed by atoms with Crippen LogP contribution in [0.3, 0.4) is 0 Å². The molecular formula is C39H39Cl2Zr-. The van der Waals surface area contributed by atoms with Gasteiger partial charge in [0, 0.05) is 0 Å². The molecule has 3 heteroatoms. The van der Waals surface area contributed by atoms with Crippen molar-refractivity contribution in [1.29, 1.82) is 0 Å². The standard InChI is InChI=1S/C26H29.C13H10.2ClH.Zr/c1-16(2)22-14-18(5)13-20-15-23-21(24(20)22)11-12-26(6,17(3)4)25(23)19-9-7-8-10-19;1-3-7-12(8-4-1)11-13-9-5-2-6-10-13;;;/h7-9,11-14,16-17H,10H2,1-6H3;1-10H;2*1H;/q-1;;;;+2/p-2. The van der Waals surface area contributed by atoms with E-state index in [4.69, 9.17) is 0 Å². The molecule has 6 rings (SSSR count). The van der Waals surface area contributed by atoms with E-state index in [1.54, 1.807) is 0 Å². The Morgan fingerprint density at radius 1 is 0.881 bits per heavy atom. The normalized spacial score (nSPS) is 18.0. The molecule has 0 nitrogen and oxygen atoms in total. The van der Waals surface area contributed by atoms with Crippen LogP contribution in [0.1, 0.15) is 69.2 Å². The fraction of sp³-hybridized carbons (Fsp3) is 0.256. The van der Waals surface area contributed by atoms with Crippen molar-refractivity contribution in [3.05, 3.63) is 153 Å². The summed E-state index contributed by atoms with van der Waals surface area (Å²) in [7, 11) is 0. The number of rotatable bonds is 5. The van der Waals surface area contributed by atoms with Gasteiger partial charge in [-0.1, -0.05) is 93.3 Å². The summed E-state index contributed by atoms with van der Waals surface area (Å²) in [6, 6.07) is 25.8. The molecule has 0 aromatic heterocycles. The molecule has 3 aliphatic carbocycles. The van der Waals surface area contributed by atoms with Crippen molar-refractivity contribution >= 4 is 14.9 Å². The van der Waals surface area contributed by atoms with Crippen LogP contribution in [0.15, 0.2) is 120 Å². The van der Waals surface area contributed by atoms with E-state index in [2.05, 4.69) is 151 Å². The van der Waals surface area contributed by atoms with E-state index in [-0.39, 0.29) is 30.2 Å². The molecule has 3 aliphatic rings. The molecule has 0 radical (unpaired) electrons. The first-order valence-electron chi connectivity index (χ1n) is 14.5. The molecule has 3 aromatic rings. The van der Waals surface area contributed by atoms with Crippen LogP contribution in [0.4, 0.5) is 0 Å². The predicted molar refractivity (Wildman–Crippen MR) is 168 cm³/mol. The van der Waals surface area contributed by atoms with Crippen LogP contribution in [-0.2, 0) is 24.2 Å². The third-order valence-corrected chi connectivity index (χ3v) is 9.95. The van der Waals surface area contributed by atoms with Crippen LogP contribution in [0.2, 0.25) is 0 Å². The summed E-state index contributed by atoms with van der Waals surface area (Å²) in [5, 5.41) is 2.69. The quantitative estimate of drug-likeness (QED) is 0.366. The third kappa shape index (κ3) is 6.75. The van der Waals surface area contributed by atoms with Gasteiger partial charge in [0.25, 0.3) is 0 Å². The second-order valence-electron chi connectivity index (χ2n) is 11.9. The molecule has 0 N–H and O–H groups in total. The first-order valence-corrected chi connectivity index (χ1v) is 15.7. The fourth-order valence-corrected chi connectivity index (χ4v) is 6.78. The van der Waals surface area contributed by atoms with Crippen molar-refractivity contribution in [3.63, 3.8) is 0 Å². The molecule has 0 fully saturated rings. The fourth-order valence-electron chi connectivity index (χ4n) is 5.97. The third-order valence-electron chi connectivity index (χ3n) is 8.54. The van der Waals surface area contributed by atoms with E-state index < -0.39 is 0 Å². The van der Waals surface area contributed by atoms with Gasteiger partial charge in [-0.05, 0) is 30.6 Å². The van der Waals surface area contributed by atoms with Gasteiger partial charge in [-0.15, -0.1) is 33.7 Å². The summed E-state index contributed by atoms with van der Waals surface area (Å²) in [6.45, 7) is 13.9. The van der Waals surface area contributed by atoms with Crippen molar-refractivity contribution in [2.45, 2.75) is 53.9 Å². The van der Waals surface area contributed by atoms with Gasteiger partial charge in [0.05, 0.1) is 0 Å². The van der Waals surface area contributed by atoms with Crippen LogP contribution < -0.4 is 35.3 Å². The molecular weight excluding hydrogens is 631 g/mol. The molecule has 0 saturated carbocycles. The monoisotopic (exact) mass is 667 g/mol. The number of allylic oxidation sites excluding steroid dienone is 8. The average molecular weight is 670 g/mol. The van der Waals surface area contributed by atoms with Gasteiger partial charge in [-0.2, -0.15) is 0 Å². The Bertz CT molecular complexity index is 1640. The molecule has 0 amide bonds. The van der Waals surface area contributed by atoms with Crippen LogP contribution in [0.25, 0.3) is 11.6 Å².